The number of carboxylic acids is 1. The predicted octanol–water partition coefficient (Wildman–Crippen LogP) is 7.73. The molecule has 1 aromatic rings. The van der Waals surface area contributed by atoms with Gasteiger partial charge in [-0.15, -0.1) is 0 Å². The summed E-state index contributed by atoms with van der Waals surface area (Å²) in [5.74, 6) is 0.294. The van der Waals surface area contributed by atoms with Gasteiger partial charge in [0.25, 0.3) is 0 Å². The Labute approximate surface area is 255 Å². The number of hydrogen-bond donors (Lipinski definition) is 2. The Morgan fingerprint density at radius 3 is 2.52 bits per heavy atom. The van der Waals surface area contributed by atoms with E-state index in [4.69, 9.17) is 23.7 Å². The van der Waals surface area contributed by atoms with Crippen LogP contribution in [0.4, 0.5) is 0 Å². The molecule has 42 heavy (non-hydrogen) atoms. The second-order valence-corrected chi connectivity index (χ2v) is 18.5. The molecule has 3 rings (SSSR count). The van der Waals surface area contributed by atoms with Gasteiger partial charge in [0.15, 0.2) is 14.6 Å². The maximum atomic E-state index is 11.2. The Kier molecular flexibility index (Phi) is 13.6. The number of allylic oxidation sites excluding steroid dienone is 2. The van der Waals surface area contributed by atoms with E-state index in [1.165, 1.54) is 0 Å². The van der Waals surface area contributed by atoms with Crippen LogP contribution in [0.2, 0.25) is 18.1 Å². The first-order valence-electron chi connectivity index (χ1n) is 16.1. The number of rotatable bonds is 16. The van der Waals surface area contributed by atoms with E-state index in [-0.39, 0.29) is 47.9 Å². The highest BCUT2D eigenvalue weighted by Gasteiger charge is 2.45. The molecule has 1 saturated carbocycles. The summed E-state index contributed by atoms with van der Waals surface area (Å²) in [6.45, 7) is 14.2. The number of aliphatic carboxylic acids is 1. The predicted molar refractivity (Wildman–Crippen MR) is 169 cm³/mol. The lowest BCUT2D eigenvalue weighted by atomic mass is 9.85. The van der Waals surface area contributed by atoms with Gasteiger partial charge >= 0.3 is 5.97 Å². The summed E-state index contributed by atoms with van der Waals surface area (Å²) in [6.07, 6.45) is 10.8. The molecule has 2 aliphatic rings. The molecule has 1 heterocycles. The normalized spacial score (nSPS) is 26.8. The van der Waals surface area contributed by atoms with Crippen LogP contribution >= 0.6 is 0 Å². The van der Waals surface area contributed by atoms with Crippen LogP contribution in [-0.4, -0.2) is 61.8 Å². The van der Waals surface area contributed by atoms with E-state index in [1.54, 1.807) is 0 Å². The number of benzene rings is 1. The summed E-state index contributed by atoms with van der Waals surface area (Å²) in [4.78, 5) is 10.8. The van der Waals surface area contributed by atoms with Crippen molar-refractivity contribution in [2.24, 2.45) is 11.8 Å². The van der Waals surface area contributed by atoms with E-state index < -0.39 is 20.4 Å². The van der Waals surface area contributed by atoms with Crippen molar-refractivity contribution in [2.75, 3.05) is 6.61 Å². The molecular formula is C34H56O7Si. The van der Waals surface area contributed by atoms with Gasteiger partial charge in [-0.25, -0.2) is 0 Å². The molecule has 0 radical (unpaired) electrons. The summed E-state index contributed by atoms with van der Waals surface area (Å²) in [5.41, 5.74) is 0. The van der Waals surface area contributed by atoms with Crippen LogP contribution in [-0.2, 0) is 18.7 Å². The average molecular weight is 605 g/mol. The third kappa shape index (κ3) is 10.8. The zero-order chi connectivity index (χ0) is 30.8. The molecule has 7 atom stereocenters. The Bertz CT molecular complexity index is 954. The summed E-state index contributed by atoms with van der Waals surface area (Å²) < 4.78 is 25.9. The highest BCUT2D eigenvalue weighted by molar-refractivity contribution is 6.74. The smallest absolute Gasteiger partial charge is 0.303 e. The number of para-hydroxylation sites is 1. The van der Waals surface area contributed by atoms with Gasteiger partial charge in [0.2, 0.25) is 0 Å². The topological polar surface area (TPSA) is 94.5 Å². The molecule has 8 heteroatoms. The van der Waals surface area contributed by atoms with Gasteiger partial charge in [0.05, 0.1) is 18.3 Å². The summed E-state index contributed by atoms with van der Waals surface area (Å²) in [7, 11) is -2.08. The van der Waals surface area contributed by atoms with Crippen LogP contribution in [0.15, 0.2) is 42.5 Å². The molecule has 1 saturated heterocycles. The lowest BCUT2D eigenvalue weighted by molar-refractivity contribution is -0.196. The van der Waals surface area contributed by atoms with Crippen LogP contribution < -0.4 is 4.74 Å². The monoisotopic (exact) mass is 604 g/mol. The Hall–Kier alpha value is -1.71. The first-order valence-corrected chi connectivity index (χ1v) is 19.0. The van der Waals surface area contributed by atoms with Gasteiger partial charge < -0.3 is 28.8 Å². The van der Waals surface area contributed by atoms with Crippen molar-refractivity contribution in [1.82, 2.24) is 0 Å². The summed E-state index contributed by atoms with van der Waals surface area (Å²) in [5, 5.41) is 20.2. The van der Waals surface area contributed by atoms with Crippen LogP contribution in [0.3, 0.4) is 0 Å². The molecule has 2 N–H and O–H groups in total. The Balaban J connectivity index is 1.76. The molecule has 0 aromatic heterocycles. The number of ether oxygens (including phenoxy) is 3. The summed E-state index contributed by atoms with van der Waals surface area (Å²) in [6, 6.07) is 9.94. The van der Waals surface area contributed by atoms with E-state index in [0.717, 1.165) is 57.3 Å². The third-order valence-corrected chi connectivity index (χ3v) is 13.9. The standard InChI is InChI=1S/C34H56O7Si/c1-25(39-26-16-10-9-11-17-26)30(41-42(5,6)34(2,3)4)22-21-28-27(18-12-7-8-13-19-32(36)37)29(35)24-31(28)40-33-20-14-15-23-38-33/h7,9-12,16-17,25,27-31,33,35H,8,13-15,18-24H2,1-6H3,(H,36,37)/b12-7-/t25?,27-,28-,29+,30+,31?,33?/m1/s1. The van der Waals surface area contributed by atoms with Crippen molar-refractivity contribution in [2.45, 2.75) is 141 Å². The van der Waals surface area contributed by atoms with Gasteiger partial charge in [-0.05, 0) is 100 Å². The Morgan fingerprint density at radius 1 is 1.14 bits per heavy atom. The van der Waals surface area contributed by atoms with Crippen molar-refractivity contribution < 1.29 is 33.6 Å². The van der Waals surface area contributed by atoms with Crippen LogP contribution in [0, 0.1) is 11.8 Å². The van der Waals surface area contributed by atoms with Gasteiger partial charge in [-0.1, -0.05) is 51.1 Å². The zero-order valence-corrected chi connectivity index (χ0v) is 27.8. The first-order chi connectivity index (χ1) is 19.9. The van der Waals surface area contributed by atoms with Gasteiger partial charge in [0.1, 0.15) is 11.9 Å². The van der Waals surface area contributed by atoms with Crippen molar-refractivity contribution in [3.63, 3.8) is 0 Å². The Morgan fingerprint density at radius 2 is 1.88 bits per heavy atom. The number of unbranched alkanes of at least 4 members (excludes halogenated alkanes) is 1. The molecule has 2 fully saturated rings. The largest absolute Gasteiger partial charge is 0.488 e. The molecule has 3 unspecified atom stereocenters. The average Bonchev–Trinajstić information content (AvgIpc) is 3.21. The molecule has 238 valence electrons. The van der Waals surface area contributed by atoms with Crippen LogP contribution in [0.1, 0.15) is 91.9 Å². The molecule has 1 aliphatic carbocycles. The van der Waals surface area contributed by atoms with E-state index in [0.29, 0.717) is 12.8 Å². The van der Waals surface area contributed by atoms with Crippen LogP contribution in [0.25, 0.3) is 0 Å². The first kappa shape index (κ1) is 34.8. The SMILES string of the molecule is CC(Oc1ccccc1)[C@H](CC[C@H]1C(OC2CCCCO2)C[C@H](O)[C@@H]1C/C=C\CCCC(=O)O)O[Si](C)(C)C(C)(C)C. The fourth-order valence-corrected chi connectivity index (χ4v) is 7.30. The molecule has 1 aliphatic heterocycles. The minimum atomic E-state index is -2.08. The number of carbonyl (C=O) groups is 1. The van der Waals surface area contributed by atoms with Gasteiger partial charge in [-0.3, -0.25) is 4.79 Å². The van der Waals surface area contributed by atoms with Crippen molar-refractivity contribution in [3.8, 4) is 5.75 Å². The van der Waals surface area contributed by atoms with Crippen molar-refractivity contribution in [1.29, 1.82) is 0 Å². The van der Waals surface area contributed by atoms with Crippen molar-refractivity contribution in [3.05, 3.63) is 42.5 Å². The zero-order valence-electron chi connectivity index (χ0n) is 26.8. The number of carboxylic acid groups (broad SMARTS) is 1. The van der Waals surface area contributed by atoms with Gasteiger partial charge in [0, 0.05) is 19.4 Å². The minimum absolute atomic E-state index is 0.0631. The van der Waals surface area contributed by atoms with E-state index in [2.05, 4.69) is 52.9 Å². The molecule has 0 amide bonds. The highest BCUT2D eigenvalue weighted by Crippen LogP contribution is 2.43. The maximum Gasteiger partial charge on any atom is 0.303 e. The maximum absolute atomic E-state index is 11.2. The summed E-state index contributed by atoms with van der Waals surface area (Å²) >= 11 is 0. The molecular weight excluding hydrogens is 548 g/mol. The van der Waals surface area contributed by atoms with Crippen molar-refractivity contribution >= 4 is 14.3 Å². The quantitative estimate of drug-likeness (QED) is 0.113. The van der Waals surface area contributed by atoms with E-state index in [9.17, 15) is 9.90 Å². The number of aliphatic hydroxyl groups excluding tert-OH is 1. The van der Waals surface area contributed by atoms with Gasteiger partial charge in [-0.2, -0.15) is 0 Å². The lowest BCUT2D eigenvalue weighted by Crippen LogP contribution is -2.48. The second kappa shape index (κ2) is 16.4. The van der Waals surface area contributed by atoms with E-state index >= 15 is 0 Å². The molecule has 7 nitrogen and oxygen atoms in total. The third-order valence-electron chi connectivity index (χ3n) is 9.42. The molecule has 0 spiro atoms. The second-order valence-electron chi connectivity index (χ2n) is 13.7. The minimum Gasteiger partial charge on any atom is -0.488 e. The number of hydrogen-bond acceptors (Lipinski definition) is 6. The highest BCUT2D eigenvalue weighted by atomic mass is 28.4. The molecule has 0 bridgehead atoms. The molecule has 1 aromatic carbocycles. The fourth-order valence-electron chi connectivity index (χ4n) is 5.88. The fraction of sp³-hybridized carbons (Fsp3) is 0.735. The lowest BCUT2D eigenvalue weighted by Gasteiger charge is -2.41. The van der Waals surface area contributed by atoms with Crippen LogP contribution in [0.5, 0.6) is 5.75 Å². The number of aliphatic hydroxyl groups is 1. The van der Waals surface area contributed by atoms with E-state index in [1.807, 2.05) is 30.3 Å².